The lowest BCUT2D eigenvalue weighted by molar-refractivity contribution is -0.121. The Kier molecular flexibility index (Phi) is 2.77. The van der Waals surface area contributed by atoms with E-state index in [1.807, 2.05) is 0 Å². The van der Waals surface area contributed by atoms with Crippen LogP contribution in [0.3, 0.4) is 0 Å². The van der Waals surface area contributed by atoms with Gasteiger partial charge in [0, 0.05) is 24.5 Å². The molecule has 0 radical (unpaired) electrons. The fraction of sp³-hybridized carbons (Fsp3) is 0.909. The van der Waals surface area contributed by atoms with Crippen LogP contribution < -0.4 is 10.6 Å². The monoisotopic (exact) mass is 196 g/mol. The second-order valence-corrected chi connectivity index (χ2v) is 4.95. The topological polar surface area (TPSA) is 41.1 Å². The Balaban J connectivity index is 1.86. The Morgan fingerprint density at radius 1 is 1.43 bits per heavy atom. The van der Waals surface area contributed by atoms with Crippen molar-refractivity contribution in [2.75, 3.05) is 6.54 Å². The van der Waals surface area contributed by atoms with E-state index in [-0.39, 0.29) is 5.91 Å². The minimum Gasteiger partial charge on any atom is -0.356 e. The van der Waals surface area contributed by atoms with Crippen molar-refractivity contribution in [3.63, 3.8) is 0 Å². The molecule has 1 atom stereocenters. The molecule has 2 aliphatic rings. The van der Waals surface area contributed by atoms with Gasteiger partial charge in [0.05, 0.1) is 0 Å². The van der Waals surface area contributed by atoms with Gasteiger partial charge >= 0.3 is 0 Å². The normalized spacial score (nSPS) is 31.5. The van der Waals surface area contributed by atoms with Gasteiger partial charge in [-0.2, -0.15) is 0 Å². The average molecular weight is 196 g/mol. The van der Waals surface area contributed by atoms with E-state index in [1.165, 1.54) is 19.3 Å². The minimum absolute atomic E-state index is 0.211. The van der Waals surface area contributed by atoms with E-state index in [0.29, 0.717) is 18.0 Å². The maximum absolute atomic E-state index is 11.3. The molecule has 0 bridgehead atoms. The first-order valence-electron chi connectivity index (χ1n) is 5.72. The number of amides is 1. The summed E-state index contributed by atoms with van der Waals surface area (Å²) in [5, 5.41) is 6.56. The molecule has 3 nitrogen and oxygen atoms in total. The molecule has 1 heterocycles. The fourth-order valence-electron chi connectivity index (χ4n) is 2.44. The summed E-state index contributed by atoms with van der Waals surface area (Å²) in [6.45, 7) is 3.13. The first-order valence-corrected chi connectivity index (χ1v) is 5.72. The molecular weight excluding hydrogens is 176 g/mol. The molecule has 2 rings (SSSR count). The summed E-state index contributed by atoms with van der Waals surface area (Å²) in [5.74, 6) is 0.211. The molecule has 0 aromatic carbocycles. The Hall–Kier alpha value is -0.570. The van der Waals surface area contributed by atoms with Gasteiger partial charge in [-0.25, -0.2) is 0 Å². The molecule has 2 N–H and O–H groups in total. The molecule has 1 aliphatic carbocycles. The second kappa shape index (κ2) is 3.89. The average Bonchev–Trinajstić information content (AvgIpc) is 2.27. The first-order chi connectivity index (χ1) is 6.68. The predicted molar refractivity (Wildman–Crippen MR) is 56.0 cm³/mol. The van der Waals surface area contributed by atoms with Crippen molar-refractivity contribution < 1.29 is 4.79 Å². The number of hydrogen-bond donors (Lipinski definition) is 2. The van der Waals surface area contributed by atoms with Gasteiger partial charge in [-0.15, -0.1) is 0 Å². The Morgan fingerprint density at radius 2 is 2.21 bits per heavy atom. The highest BCUT2D eigenvalue weighted by Crippen LogP contribution is 2.32. The molecule has 0 spiro atoms. The summed E-state index contributed by atoms with van der Waals surface area (Å²) in [7, 11) is 0. The van der Waals surface area contributed by atoms with E-state index < -0.39 is 0 Å². The van der Waals surface area contributed by atoms with Crippen LogP contribution in [0.15, 0.2) is 0 Å². The van der Waals surface area contributed by atoms with E-state index in [4.69, 9.17) is 0 Å². The minimum atomic E-state index is 0.211. The van der Waals surface area contributed by atoms with Gasteiger partial charge in [-0.3, -0.25) is 4.79 Å². The second-order valence-electron chi connectivity index (χ2n) is 4.95. The van der Waals surface area contributed by atoms with Crippen molar-refractivity contribution in [2.24, 2.45) is 0 Å². The van der Waals surface area contributed by atoms with Gasteiger partial charge < -0.3 is 10.6 Å². The van der Waals surface area contributed by atoms with Crippen molar-refractivity contribution in [3.05, 3.63) is 0 Å². The van der Waals surface area contributed by atoms with E-state index >= 15 is 0 Å². The number of nitrogens with one attached hydrogen (secondary N) is 2. The van der Waals surface area contributed by atoms with Gasteiger partial charge in [-0.1, -0.05) is 0 Å². The molecule has 1 saturated heterocycles. The molecule has 3 heteroatoms. The van der Waals surface area contributed by atoms with Crippen LogP contribution in [-0.4, -0.2) is 24.0 Å². The van der Waals surface area contributed by atoms with E-state index in [0.717, 1.165) is 19.4 Å². The lowest BCUT2D eigenvalue weighted by atomic mass is 9.77. The quantitative estimate of drug-likeness (QED) is 0.696. The highest BCUT2D eigenvalue weighted by atomic mass is 16.1. The third-order valence-electron chi connectivity index (χ3n) is 3.49. The van der Waals surface area contributed by atoms with Gasteiger partial charge in [-0.05, 0) is 39.0 Å². The SMILES string of the molecule is CC1(NC2CCCNC(=O)C2)CCC1. The number of hydrogen-bond acceptors (Lipinski definition) is 2. The van der Waals surface area contributed by atoms with E-state index in [2.05, 4.69) is 17.6 Å². The summed E-state index contributed by atoms with van der Waals surface area (Å²) in [4.78, 5) is 11.3. The van der Waals surface area contributed by atoms with Gasteiger partial charge in [0.25, 0.3) is 0 Å². The molecule has 14 heavy (non-hydrogen) atoms. The summed E-state index contributed by atoms with van der Waals surface area (Å²) in [5.41, 5.74) is 0.329. The Labute approximate surface area is 85.6 Å². The largest absolute Gasteiger partial charge is 0.356 e. The zero-order valence-corrected chi connectivity index (χ0v) is 8.94. The van der Waals surface area contributed by atoms with Crippen LogP contribution in [0.4, 0.5) is 0 Å². The van der Waals surface area contributed by atoms with E-state index in [1.54, 1.807) is 0 Å². The van der Waals surface area contributed by atoms with Gasteiger partial charge in [0.15, 0.2) is 0 Å². The van der Waals surface area contributed by atoms with Crippen LogP contribution in [0, 0.1) is 0 Å². The molecular formula is C11H20N2O. The lowest BCUT2D eigenvalue weighted by Gasteiger charge is -2.42. The molecule has 1 aliphatic heterocycles. The summed E-state index contributed by atoms with van der Waals surface area (Å²) in [6, 6.07) is 0.405. The zero-order chi connectivity index (χ0) is 10.0. The van der Waals surface area contributed by atoms with Crippen LogP contribution in [0.5, 0.6) is 0 Å². The molecule has 0 aromatic heterocycles. The first kappa shape index (κ1) is 9.97. The zero-order valence-electron chi connectivity index (χ0n) is 8.94. The Bertz CT molecular complexity index is 223. The molecule has 1 unspecified atom stereocenters. The van der Waals surface area contributed by atoms with Crippen LogP contribution in [0.2, 0.25) is 0 Å². The highest BCUT2D eigenvalue weighted by molar-refractivity contribution is 5.76. The lowest BCUT2D eigenvalue weighted by Crippen LogP contribution is -2.53. The molecule has 1 amide bonds. The number of rotatable bonds is 2. The van der Waals surface area contributed by atoms with Crippen LogP contribution in [0.25, 0.3) is 0 Å². The van der Waals surface area contributed by atoms with Crippen molar-refractivity contribution >= 4 is 5.91 Å². The molecule has 80 valence electrons. The molecule has 0 aromatic rings. The molecule has 2 fully saturated rings. The summed E-state index contributed by atoms with van der Waals surface area (Å²) >= 11 is 0. The maximum Gasteiger partial charge on any atom is 0.221 e. The smallest absolute Gasteiger partial charge is 0.221 e. The van der Waals surface area contributed by atoms with Crippen molar-refractivity contribution in [3.8, 4) is 0 Å². The van der Waals surface area contributed by atoms with Crippen LogP contribution in [0.1, 0.15) is 45.4 Å². The number of carbonyl (C=O) groups excluding carboxylic acids is 1. The standard InChI is InChI=1S/C11H20N2O/c1-11(5-3-6-11)13-9-4-2-7-12-10(14)8-9/h9,13H,2-8H2,1H3,(H,12,14). The van der Waals surface area contributed by atoms with E-state index in [9.17, 15) is 4.79 Å². The van der Waals surface area contributed by atoms with Crippen molar-refractivity contribution in [1.82, 2.24) is 10.6 Å². The van der Waals surface area contributed by atoms with Gasteiger partial charge in [0.2, 0.25) is 5.91 Å². The number of carbonyl (C=O) groups is 1. The highest BCUT2D eigenvalue weighted by Gasteiger charge is 2.34. The third kappa shape index (κ3) is 2.27. The van der Waals surface area contributed by atoms with Crippen LogP contribution >= 0.6 is 0 Å². The summed E-state index contributed by atoms with van der Waals surface area (Å²) < 4.78 is 0. The Morgan fingerprint density at radius 3 is 2.86 bits per heavy atom. The van der Waals surface area contributed by atoms with Crippen molar-refractivity contribution in [1.29, 1.82) is 0 Å². The third-order valence-corrected chi connectivity index (χ3v) is 3.49. The van der Waals surface area contributed by atoms with Crippen LogP contribution in [-0.2, 0) is 4.79 Å². The molecule has 1 saturated carbocycles. The fourth-order valence-corrected chi connectivity index (χ4v) is 2.44. The summed E-state index contributed by atoms with van der Waals surface area (Å²) in [6.07, 6.45) is 6.78. The predicted octanol–water partition coefficient (Wildman–Crippen LogP) is 1.19. The van der Waals surface area contributed by atoms with Crippen molar-refractivity contribution in [2.45, 2.75) is 57.0 Å². The maximum atomic E-state index is 11.3. The van der Waals surface area contributed by atoms with Gasteiger partial charge in [0.1, 0.15) is 0 Å².